The van der Waals surface area contributed by atoms with E-state index in [0.29, 0.717) is 17.0 Å². The summed E-state index contributed by atoms with van der Waals surface area (Å²) < 4.78 is 11.8. The van der Waals surface area contributed by atoms with E-state index in [1.807, 2.05) is 6.07 Å². The van der Waals surface area contributed by atoms with Crippen molar-refractivity contribution >= 4 is 29.1 Å². The van der Waals surface area contributed by atoms with E-state index < -0.39 is 46.9 Å². The van der Waals surface area contributed by atoms with Gasteiger partial charge in [-0.1, -0.05) is 60.7 Å². The van der Waals surface area contributed by atoms with Crippen LogP contribution in [0, 0.1) is 18.8 Å². The molecule has 2 saturated heterocycles. The molecule has 0 unspecified atom stereocenters. The predicted molar refractivity (Wildman–Crippen MR) is 125 cm³/mol. The average molecular weight is 467 g/mol. The van der Waals surface area contributed by atoms with Crippen LogP contribution in [-0.2, 0) is 14.3 Å². The lowest BCUT2D eigenvalue weighted by Gasteiger charge is -2.28. The van der Waals surface area contributed by atoms with Gasteiger partial charge in [0.2, 0.25) is 29.0 Å². The normalized spacial score (nSPS) is 24.3. The third kappa shape index (κ3) is 2.64. The van der Waals surface area contributed by atoms with E-state index in [9.17, 15) is 19.2 Å². The van der Waals surface area contributed by atoms with Gasteiger partial charge in [0.25, 0.3) is 0 Å². The molecule has 7 heteroatoms. The van der Waals surface area contributed by atoms with Gasteiger partial charge in [0.1, 0.15) is 11.9 Å². The zero-order chi connectivity index (χ0) is 24.5. The third-order valence-electron chi connectivity index (χ3n) is 7.32. The fourth-order valence-electron chi connectivity index (χ4n) is 5.75. The van der Waals surface area contributed by atoms with Crippen LogP contribution in [0.4, 0.5) is 5.69 Å². The number of nitrogens with zero attached hydrogens (tertiary/aromatic N) is 1. The highest BCUT2D eigenvalue weighted by Gasteiger charge is 2.75. The molecule has 0 aromatic heterocycles. The quantitative estimate of drug-likeness (QED) is 0.431. The lowest BCUT2D eigenvalue weighted by Crippen LogP contribution is -2.51. The monoisotopic (exact) mass is 467 g/mol. The highest BCUT2D eigenvalue weighted by molar-refractivity contribution is 6.37. The second-order valence-electron chi connectivity index (χ2n) is 9.02. The molecule has 0 radical (unpaired) electrons. The van der Waals surface area contributed by atoms with Gasteiger partial charge in [-0.15, -0.1) is 0 Å². The first-order valence-electron chi connectivity index (χ1n) is 11.3. The number of ketones is 2. The van der Waals surface area contributed by atoms with Crippen molar-refractivity contribution in [3.63, 3.8) is 0 Å². The smallest absolute Gasteiger partial charge is 0.241 e. The van der Waals surface area contributed by atoms with E-state index in [4.69, 9.17) is 9.47 Å². The molecular weight excluding hydrogens is 446 g/mol. The number of hydrogen-bond acceptors (Lipinski definition) is 6. The number of para-hydroxylation sites is 2. The number of methoxy groups -OCH3 is 1. The van der Waals surface area contributed by atoms with E-state index in [-0.39, 0.29) is 11.1 Å². The summed E-state index contributed by atoms with van der Waals surface area (Å²) in [5.74, 6) is -4.20. The van der Waals surface area contributed by atoms with Crippen LogP contribution >= 0.6 is 0 Å². The van der Waals surface area contributed by atoms with E-state index in [1.165, 1.54) is 7.11 Å². The van der Waals surface area contributed by atoms with Crippen LogP contribution in [0.25, 0.3) is 0 Å². The molecular formula is C28H21NO6. The Morgan fingerprint density at radius 3 is 2.06 bits per heavy atom. The molecule has 174 valence electrons. The van der Waals surface area contributed by atoms with Crippen LogP contribution in [0.1, 0.15) is 37.9 Å². The Bertz CT molecular complexity index is 1410. The number of amides is 2. The van der Waals surface area contributed by atoms with Crippen molar-refractivity contribution < 1.29 is 28.7 Å². The first kappa shape index (κ1) is 21.4. The van der Waals surface area contributed by atoms with Gasteiger partial charge >= 0.3 is 0 Å². The van der Waals surface area contributed by atoms with Gasteiger partial charge < -0.3 is 9.47 Å². The first-order valence-corrected chi connectivity index (χ1v) is 11.3. The number of hydrogen-bond donors (Lipinski definition) is 0. The van der Waals surface area contributed by atoms with Crippen molar-refractivity contribution in [2.24, 2.45) is 11.8 Å². The molecule has 1 spiro atoms. The number of benzene rings is 3. The lowest BCUT2D eigenvalue weighted by atomic mass is 9.77. The number of aryl methyl sites for hydroxylation is 1. The summed E-state index contributed by atoms with van der Waals surface area (Å²) in [5, 5.41) is 0. The van der Waals surface area contributed by atoms with Crippen molar-refractivity contribution in [1.82, 2.24) is 0 Å². The summed E-state index contributed by atoms with van der Waals surface area (Å²) in [4.78, 5) is 56.6. The molecule has 6 rings (SSSR count). The maximum atomic E-state index is 14.0. The summed E-state index contributed by atoms with van der Waals surface area (Å²) in [6.45, 7) is 1.80. The maximum Gasteiger partial charge on any atom is 0.241 e. The van der Waals surface area contributed by atoms with Crippen LogP contribution in [0.2, 0.25) is 0 Å². The zero-order valence-corrected chi connectivity index (χ0v) is 19.1. The minimum atomic E-state index is -2.11. The molecule has 2 fully saturated rings. The number of fused-ring (bicyclic) bond motifs is 3. The van der Waals surface area contributed by atoms with Crippen LogP contribution in [0.15, 0.2) is 72.8 Å². The van der Waals surface area contributed by atoms with Crippen molar-refractivity contribution in [1.29, 1.82) is 0 Å². The average Bonchev–Trinajstić information content (AvgIpc) is 3.44. The minimum absolute atomic E-state index is 0.200. The molecule has 2 aliphatic heterocycles. The Labute approximate surface area is 201 Å². The fourth-order valence-corrected chi connectivity index (χ4v) is 5.75. The molecule has 2 amide bonds. The third-order valence-corrected chi connectivity index (χ3v) is 7.32. The summed E-state index contributed by atoms with van der Waals surface area (Å²) in [6.07, 6.45) is -1.02. The van der Waals surface area contributed by atoms with E-state index in [2.05, 4.69) is 0 Å². The number of carbonyl (C=O) groups is 4. The second kappa shape index (κ2) is 7.45. The number of imide groups is 1. The number of anilines is 1. The van der Waals surface area contributed by atoms with Crippen molar-refractivity contribution in [2.45, 2.75) is 18.6 Å². The van der Waals surface area contributed by atoms with Gasteiger partial charge in [0.05, 0.1) is 24.6 Å². The molecule has 3 atom stereocenters. The molecule has 35 heavy (non-hydrogen) atoms. The zero-order valence-electron chi connectivity index (χ0n) is 19.1. The molecule has 0 bridgehead atoms. The van der Waals surface area contributed by atoms with Crippen LogP contribution in [-0.4, -0.2) is 36.1 Å². The first-order chi connectivity index (χ1) is 16.9. The van der Waals surface area contributed by atoms with Gasteiger partial charge in [-0.25, -0.2) is 4.90 Å². The largest absolute Gasteiger partial charge is 0.496 e. The number of Topliss-reactive ketones (excluding diaryl/α,β-unsaturated/α-hetero) is 2. The molecule has 2 heterocycles. The standard InChI is InChI=1S/C28H21NO6/c1-15-9-3-7-13-19(15)29-26(32)21-22(27(29)33)28(24(30)16-10-4-5-11-17(16)25(28)31)35-23(21)18-12-6-8-14-20(18)34-2/h3-14,21-23H,1-2H3/t21-,22-,23-/m0/s1. The van der Waals surface area contributed by atoms with Crippen LogP contribution < -0.4 is 9.64 Å². The Morgan fingerprint density at radius 1 is 0.800 bits per heavy atom. The molecule has 7 nitrogen and oxygen atoms in total. The summed E-state index contributed by atoms with van der Waals surface area (Å²) in [6, 6.07) is 20.4. The second-order valence-corrected chi connectivity index (χ2v) is 9.02. The fraction of sp³-hybridized carbons (Fsp3) is 0.214. The number of carbonyl (C=O) groups excluding carboxylic acids is 4. The summed E-state index contributed by atoms with van der Waals surface area (Å²) in [5.41, 5.74) is -0.0415. The lowest BCUT2D eigenvalue weighted by molar-refractivity contribution is -0.127. The van der Waals surface area contributed by atoms with Crippen molar-refractivity contribution in [3.05, 3.63) is 95.1 Å². The Kier molecular flexibility index (Phi) is 4.56. The molecule has 0 N–H and O–H groups in total. The van der Waals surface area contributed by atoms with Crippen molar-refractivity contribution in [3.8, 4) is 5.75 Å². The molecule has 3 aromatic carbocycles. The maximum absolute atomic E-state index is 14.0. The number of rotatable bonds is 3. The molecule has 3 aromatic rings. The van der Waals surface area contributed by atoms with E-state index >= 15 is 0 Å². The van der Waals surface area contributed by atoms with Crippen molar-refractivity contribution in [2.75, 3.05) is 12.0 Å². The SMILES string of the molecule is COc1ccccc1[C@@H]1OC2(C(=O)c3ccccc3C2=O)[C@@H]2C(=O)N(c3ccccc3C)C(=O)[C@@H]21. The molecule has 1 aliphatic carbocycles. The number of ether oxygens (including phenoxy) is 2. The van der Waals surface area contributed by atoms with Gasteiger partial charge in [-0.3, -0.25) is 19.2 Å². The van der Waals surface area contributed by atoms with Gasteiger partial charge in [-0.05, 0) is 24.6 Å². The molecule has 0 saturated carbocycles. The highest BCUT2D eigenvalue weighted by atomic mass is 16.5. The van der Waals surface area contributed by atoms with Gasteiger partial charge in [0, 0.05) is 16.7 Å². The summed E-state index contributed by atoms with van der Waals surface area (Å²) >= 11 is 0. The Balaban J connectivity index is 1.58. The van der Waals surface area contributed by atoms with Crippen LogP contribution in [0.5, 0.6) is 5.75 Å². The van der Waals surface area contributed by atoms with Gasteiger partial charge in [0.15, 0.2) is 0 Å². The van der Waals surface area contributed by atoms with Crippen LogP contribution in [0.3, 0.4) is 0 Å². The minimum Gasteiger partial charge on any atom is -0.496 e. The molecule has 3 aliphatic rings. The topological polar surface area (TPSA) is 90.0 Å². The highest BCUT2D eigenvalue weighted by Crippen LogP contribution is 2.58. The Hall–Kier alpha value is -4.10. The predicted octanol–water partition coefficient (Wildman–Crippen LogP) is 3.70. The van der Waals surface area contributed by atoms with Gasteiger partial charge in [-0.2, -0.15) is 0 Å². The van der Waals surface area contributed by atoms with E-state index in [0.717, 1.165) is 10.5 Å². The Morgan fingerprint density at radius 2 is 1.40 bits per heavy atom. The van der Waals surface area contributed by atoms with E-state index in [1.54, 1.807) is 73.7 Å². The summed E-state index contributed by atoms with van der Waals surface area (Å²) in [7, 11) is 1.49.